The highest BCUT2D eigenvalue weighted by Crippen LogP contribution is 2.08. The standard InChI is InChI=1S/C16H29NO/c1-2-3-4-5-6-7-8-9-10-11-12-15-18-16-13-14-17/h10-11H,2-9,12-13,15-16H2,1H3/b11-10+. The van der Waals surface area contributed by atoms with Gasteiger partial charge in [0.15, 0.2) is 0 Å². The molecule has 0 spiro atoms. The molecule has 0 rings (SSSR count). The summed E-state index contributed by atoms with van der Waals surface area (Å²) >= 11 is 0. The number of nitrogens with zero attached hydrogens (tertiary/aromatic N) is 1. The zero-order valence-corrected chi connectivity index (χ0v) is 12.0. The van der Waals surface area contributed by atoms with Crippen molar-refractivity contribution in [2.45, 2.75) is 71.1 Å². The second kappa shape index (κ2) is 16.2. The molecule has 0 saturated heterocycles. The van der Waals surface area contributed by atoms with Crippen LogP contribution in [0.4, 0.5) is 0 Å². The largest absolute Gasteiger partial charge is 0.380 e. The van der Waals surface area contributed by atoms with Crippen LogP contribution >= 0.6 is 0 Å². The fourth-order valence-corrected chi connectivity index (χ4v) is 1.83. The number of ether oxygens (including phenoxy) is 1. The quantitative estimate of drug-likeness (QED) is 0.341. The maximum Gasteiger partial charge on any atom is 0.0645 e. The predicted molar refractivity (Wildman–Crippen MR) is 77.4 cm³/mol. The van der Waals surface area contributed by atoms with Crippen molar-refractivity contribution >= 4 is 0 Å². The van der Waals surface area contributed by atoms with Gasteiger partial charge in [-0.1, -0.05) is 57.6 Å². The van der Waals surface area contributed by atoms with Crippen molar-refractivity contribution in [1.82, 2.24) is 0 Å². The van der Waals surface area contributed by atoms with Gasteiger partial charge in [0.25, 0.3) is 0 Å². The monoisotopic (exact) mass is 251 g/mol. The van der Waals surface area contributed by atoms with Crippen molar-refractivity contribution < 1.29 is 4.74 Å². The molecule has 0 amide bonds. The molecule has 0 aliphatic rings. The molecule has 0 atom stereocenters. The molecule has 104 valence electrons. The molecule has 0 N–H and O–H groups in total. The zero-order chi connectivity index (χ0) is 13.3. The maximum atomic E-state index is 8.31. The fraction of sp³-hybridized carbons (Fsp3) is 0.812. The van der Waals surface area contributed by atoms with Crippen LogP contribution in [-0.2, 0) is 4.74 Å². The number of nitriles is 1. The molecule has 2 heteroatoms. The van der Waals surface area contributed by atoms with Crippen LogP contribution in [0.15, 0.2) is 12.2 Å². The van der Waals surface area contributed by atoms with Gasteiger partial charge in [-0.25, -0.2) is 0 Å². The Hall–Kier alpha value is -0.810. The third-order valence-corrected chi connectivity index (χ3v) is 2.93. The van der Waals surface area contributed by atoms with E-state index in [9.17, 15) is 0 Å². The van der Waals surface area contributed by atoms with E-state index in [0.29, 0.717) is 13.0 Å². The van der Waals surface area contributed by atoms with Gasteiger partial charge in [0.2, 0.25) is 0 Å². The summed E-state index contributed by atoms with van der Waals surface area (Å²) in [6.45, 7) is 3.58. The number of unbranched alkanes of at least 4 members (excludes halogenated alkanes) is 7. The molecule has 0 aromatic carbocycles. The second-order valence-corrected chi connectivity index (χ2v) is 4.69. The summed E-state index contributed by atoms with van der Waals surface area (Å²) in [7, 11) is 0. The summed E-state index contributed by atoms with van der Waals surface area (Å²) in [6.07, 6.45) is 16.8. The van der Waals surface area contributed by atoms with Crippen molar-refractivity contribution in [2.24, 2.45) is 0 Å². The van der Waals surface area contributed by atoms with Crippen LogP contribution in [0.1, 0.15) is 71.1 Å². The van der Waals surface area contributed by atoms with Gasteiger partial charge in [-0.2, -0.15) is 5.26 Å². The van der Waals surface area contributed by atoms with Gasteiger partial charge in [0.1, 0.15) is 0 Å². The first-order chi connectivity index (χ1) is 8.91. The van der Waals surface area contributed by atoms with Gasteiger partial charge in [0, 0.05) is 0 Å². The summed E-state index contributed by atoms with van der Waals surface area (Å²) in [5.74, 6) is 0. The van der Waals surface area contributed by atoms with Crippen LogP contribution in [0.3, 0.4) is 0 Å². The molecule has 0 unspecified atom stereocenters. The van der Waals surface area contributed by atoms with Crippen LogP contribution in [-0.4, -0.2) is 13.2 Å². The predicted octanol–water partition coefficient (Wildman–Crippen LogP) is 5.00. The molecule has 0 aromatic heterocycles. The van der Waals surface area contributed by atoms with E-state index >= 15 is 0 Å². The Labute approximate surface area is 113 Å². The molecule has 0 fully saturated rings. The van der Waals surface area contributed by atoms with E-state index in [1.54, 1.807) is 0 Å². The third kappa shape index (κ3) is 15.2. The van der Waals surface area contributed by atoms with E-state index in [1.165, 1.54) is 51.4 Å². The summed E-state index contributed by atoms with van der Waals surface area (Å²) in [6, 6.07) is 2.07. The highest BCUT2D eigenvalue weighted by atomic mass is 16.5. The van der Waals surface area contributed by atoms with Crippen LogP contribution in [0, 0.1) is 11.3 Å². The van der Waals surface area contributed by atoms with Gasteiger partial charge in [-0.05, 0) is 19.3 Å². The lowest BCUT2D eigenvalue weighted by molar-refractivity contribution is 0.144. The highest BCUT2D eigenvalue weighted by molar-refractivity contribution is 4.81. The maximum absolute atomic E-state index is 8.31. The van der Waals surface area contributed by atoms with E-state index in [2.05, 4.69) is 25.1 Å². The van der Waals surface area contributed by atoms with Crippen molar-refractivity contribution in [3.63, 3.8) is 0 Å². The Morgan fingerprint density at radius 2 is 1.56 bits per heavy atom. The Bertz CT molecular complexity index is 218. The van der Waals surface area contributed by atoms with Crippen molar-refractivity contribution in [3.8, 4) is 6.07 Å². The number of rotatable bonds is 13. The number of hydrogen-bond donors (Lipinski definition) is 0. The zero-order valence-electron chi connectivity index (χ0n) is 12.0. The summed E-state index contributed by atoms with van der Waals surface area (Å²) in [5.41, 5.74) is 0. The number of allylic oxidation sites excluding steroid dienone is 1. The lowest BCUT2D eigenvalue weighted by atomic mass is 10.1. The SMILES string of the molecule is CCCCCCCCC/C=C/CCOCCC#N. The summed E-state index contributed by atoms with van der Waals surface area (Å²) < 4.78 is 5.28. The van der Waals surface area contributed by atoms with E-state index in [-0.39, 0.29) is 0 Å². The molecule has 0 heterocycles. The lowest BCUT2D eigenvalue weighted by Crippen LogP contribution is -1.94. The van der Waals surface area contributed by atoms with Gasteiger partial charge in [0.05, 0.1) is 25.7 Å². The first-order valence-electron chi connectivity index (χ1n) is 7.51. The Kier molecular flexibility index (Phi) is 15.5. The molecule has 0 saturated carbocycles. The first-order valence-corrected chi connectivity index (χ1v) is 7.51. The highest BCUT2D eigenvalue weighted by Gasteiger charge is 1.89. The molecule has 0 radical (unpaired) electrons. The molecule has 0 bridgehead atoms. The van der Waals surface area contributed by atoms with Crippen molar-refractivity contribution in [1.29, 1.82) is 5.26 Å². The Morgan fingerprint density at radius 1 is 0.889 bits per heavy atom. The number of hydrogen-bond acceptors (Lipinski definition) is 2. The molecule has 0 aliphatic carbocycles. The normalized spacial score (nSPS) is 10.9. The third-order valence-electron chi connectivity index (χ3n) is 2.93. The van der Waals surface area contributed by atoms with Crippen LogP contribution in [0.5, 0.6) is 0 Å². The van der Waals surface area contributed by atoms with Gasteiger partial charge in [-0.3, -0.25) is 0 Å². The fourth-order valence-electron chi connectivity index (χ4n) is 1.83. The molecule has 0 aromatic rings. The summed E-state index contributed by atoms with van der Waals surface area (Å²) in [5, 5.41) is 8.31. The molecule has 0 aliphatic heterocycles. The van der Waals surface area contributed by atoms with E-state index < -0.39 is 0 Å². The van der Waals surface area contributed by atoms with Gasteiger partial charge >= 0.3 is 0 Å². The minimum atomic E-state index is 0.502. The van der Waals surface area contributed by atoms with Crippen molar-refractivity contribution in [2.75, 3.05) is 13.2 Å². The minimum Gasteiger partial charge on any atom is -0.380 e. The second-order valence-electron chi connectivity index (χ2n) is 4.69. The van der Waals surface area contributed by atoms with Crippen LogP contribution in [0.2, 0.25) is 0 Å². The van der Waals surface area contributed by atoms with E-state index in [0.717, 1.165) is 13.0 Å². The average molecular weight is 251 g/mol. The minimum absolute atomic E-state index is 0.502. The summed E-state index contributed by atoms with van der Waals surface area (Å²) in [4.78, 5) is 0. The van der Waals surface area contributed by atoms with Crippen molar-refractivity contribution in [3.05, 3.63) is 12.2 Å². The molecule has 2 nitrogen and oxygen atoms in total. The molecule has 18 heavy (non-hydrogen) atoms. The smallest absolute Gasteiger partial charge is 0.0645 e. The van der Waals surface area contributed by atoms with Crippen LogP contribution < -0.4 is 0 Å². The first kappa shape index (κ1) is 17.2. The Morgan fingerprint density at radius 3 is 2.28 bits per heavy atom. The van der Waals surface area contributed by atoms with E-state index in [4.69, 9.17) is 10.00 Å². The van der Waals surface area contributed by atoms with E-state index in [1.807, 2.05) is 0 Å². The molecular formula is C16H29NO. The van der Waals surface area contributed by atoms with Gasteiger partial charge in [-0.15, -0.1) is 0 Å². The Balaban J connectivity index is 3.02. The molecular weight excluding hydrogens is 222 g/mol. The van der Waals surface area contributed by atoms with Gasteiger partial charge < -0.3 is 4.74 Å². The average Bonchev–Trinajstić information content (AvgIpc) is 2.39. The lowest BCUT2D eigenvalue weighted by Gasteiger charge is -1.99. The van der Waals surface area contributed by atoms with Crippen LogP contribution in [0.25, 0.3) is 0 Å². The topological polar surface area (TPSA) is 33.0 Å².